The van der Waals surface area contributed by atoms with Crippen LogP contribution in [0.2, 0.25) is 0 Å². The maximum Gasteiger partial charge on any atom is 0.246 e. The predicted octanol–water partition coefficient (Wildman–Crippen LogP) is 3.46. The van der Waals surface area contributed by atoms with Crippen molar-refractivity contribution >= 4 is 38.8 Å². The number of carbonyl (C=O) groups is 1. The third kappa shape index (κ3) is 4.38. The number of piperazine rings is 1. The molecular formula is C22H24N4O3S. The van der Waals surface area contributed by atoms with Crippen LogP contribution in [0.1, 0.15) is 12.5 Å². The molecule has 156 valence electrons. The van der Waals surface area contributed by atoms with Crippen LogP contribution in [0.15, 0.2) is 42.6 Å². The zero-order chi connectivity index (χ0) is 20.9. The number of thiazole rings is 1. The van der Waals surface area contributed by atoms with Gasteiger partial charge in [0.1, 0.15) is 10.3 Å². The molecule has 0 atom stereocenters. The van der Waals surface area contributed by atoms with Gasteiger partial charge >= 0.3 is 0 Å². The van der Waals surface area contributed by atoms with Crippen LogP contribution in [-0.2, 0) is 4.79 Å². The fourth-order valence-corrected chi connectivity index (χ4v) is 4.31. The number of nitrogens with zero attached hydrogens (tertiary/aromatic N) is 4. The number of methoxy groups -OCH3 is 1. The summed E-state index contributed by atoms with van der Waals surface area (Å²) in [5.41, 5.74) is 1.81. The van der Waals surface area contributed by atoms with Crippen molar-refractivity contribution < 1.29 is 14.3 Å². The van der Waals surface area contributed by atoms with Gasteiger partial charge in [-0.2, -0.15) is 0 Å². The molecule has 1 amide bonds. The molecule has 1 aliphatic heterocycles. The fraction of sp³-hybridized carbons (Fsp3) is 0.318. The number of fused-ring (bicyclic) bond motifs is 1. The zero-order valence-electron chi connectivity index (χ0n) is 17.1. The number of hydrogen-bond donors (Lipinski definition) is 0. The highest BCUT2D eigenvalue weighted by Crippen LogP contribution is 2.29. The number of pyridine rings is 1. The average molecular weight is 425 g/mol. The number of amides is 1. The second-order valence-electron chi connectivity index (χ2n) is 6.81. The number of ether oxygens (including phenoxy) is 2. The van der Waals surface area contributed by atoms with Gasteiger partial charge in [-0.05, 0) is 42.8 Å². The van der Waals surface area contributed by atoms with E-state index in [-0.39, 0.29) is 5.91 Å². The molecule has 0 aliphatic carbocycles. The van der Waals surface area contributed by atoms with Crippen LogP contribution in [0.25, 0.3) is 16.4 Å². The SMILES string of the molecule is CCOc1ccc(/C=C/C(=O)N2CCN(c3nc4cccnc4s3)CC2)cc1OC. The molecule has 1 aliphatic rings. The van der Waals surface area contributed by atoms with Crippen molar-refractivity contribution in [2.45, 2.75) is 6.92 Å². The predicted molar refractivity (Wildman–Crippen MR) is 119 cm³/mol. The number of hydrogen-bond acceptors (Lipinski definition) is 7. The van der Waals surface area contributed by atoms with Crippen LogP contribution in [-0.4, -0.2) is 60.7 Å². The first kappa shape index (κ1) is 20.2. The molecule has 4 rings (SSSR count). The lowest BCUT2D eigenvalue weighted by molar-refractivity contribution is -0.126. The standard InChI is InChI=1S/C22H24N4O3S/c1-3-29-18-8-6-16(15-19(18)28-2)7-9-20(27)25-11-13-26(14-12-25)22-24-17-5-4-10-23-21(17)30-22/h4-10,15H,3,11-14H2,1-2H3/b9-7+. The maximum atomic E-state index is 12.6. The smallest absolute Gasteiger partial charge is 0.246 e. The third-order valence-corrected chi connectivity index (χ3v) is 5.96. The lowest BCUT2D eigenvalue weighted by Crippen LogP contribution is -2.48. The Morgan fingerprint density at radius 1 is 1.20 bits per heavy atom. The molecule has 30 heavy (non-hydrogen) atoms. The van der Waals surface area contributed by atoms with Gasteiger partial charge in [-0.15, -0.1) is 0 Å². The number of benzene rings is 1. The molecule has 0 radical (unpaired) electrons. The normalized spacial score (nSPS) is 14.5. The lowest BCUT2D eigenvalue weighted by Gasteiger charge is -2.34. The lowest BCUT2D eigenvalue weighted by atomic mass is 10.2. The maximum absolute atomic E-state index is 12.6. The van der Waals surface area contributed by atoms with Crippen LogP contribution >= 0.6 is 11.3 Å². The van der Waals surface area contributed by atoms with Gasteiger partial charge in [0.2, 0.25) is 5.91 Å². The highest BCUT2D eigenvalue weighted by atomic mass is 32.1. The van der Waals surface area contributed by atoms with E-state index in [0.717, 1.165) is 34.1 Å². The molecule has 3 heterocycles. The molecule has 0 N–H and O–H groups in total. The van der Waals surface area contributed by atoms with Gasteiger partial charge in [0.15, 0.2) is 16.6 Å². The van der Waals surface area contributed by atoms with E-state index >= 15 is 0 Å². The molecular weight excluding hydrogens is 400 g/mol. The summed E-state index contributed by atoms with van der Waals surface area (Å²) in [6, 6.07) is 9.51. The Hall–Kier alpha value is -3.13. The quantitative estimate of drug-likeness (QED) is 0.565. The number of anilines is 1. The summed E-state index contributed by atoms with van der Waals surface area (Å²) in [5.74, 6) is 1.36. The van der Waals surface area contributed by atoms with E-state index in [1.165, 1.54) is 0 Å². The van der Waals surface area contributed by atoms with Gasteiger partial charge in [-0.25, -0.2) is 9.97 Å². The molecule has 1 aromatic carbocycles. The van der Waals surface area contributed by atoms with E-state index in [1.807, 2.05) is 48.2 Å². The fourth-order valence-electron chi connectivity index (χ4n) is 3.35. The van der Waals surface area contributed by atoms with Gasteiger partial charge in [-0.1, -0.05) is 17.4 Å². The summed E-state index contributed by atoms with van der Waals surface area (Å²) in [6.07, 6.45) is 5.21. The van der Waals surface area contributed by atoms with Crippen LogP contribution in [0.4, 0.5) is 5.13 Å². The van der Waals surface area contributed by atoms with Crippen molar-refractivity contribution in [3.63, 3.8) is 0 Å². The van der Waals surface area contributed by atoms with Crippen LogP contribution in [0.5, 0.6) is 11.5 Å². The molecule has 8 heteroatoms. The highest BCUT2D eigenvalue weighted by Gasteiger charge is 2.22. The highest BCUT2D eigenvalue weighted by molar-refractivity contribution is 7.21. The first-order valence-electron chi connectivity index (χ1n) is 9.92. The monoisotopic (exact) mass is 424 g/mol. The van der Waals surface area contributed by atoms with Crippen LogP contribution in [0.3, 0.4) is 0 Å². The Balaban J connectivity index is 1.36. The number of carbonyl (C=O) groups excluding carboxylic acids is 1. The largest absolute Gasteiger partial charge is 0.493 e. The molecule has 2 aromatic heterocycles. The topological polar surface area (TPSA) is 67.8 Å². The second-order valence-corrected chi connectivity index (χ2v) is 7.77. The molecule has 3 aromatic rings. The van der Waals surface area contributed by atoms with Crippen molar-refractivity contribution in [1.82, 2.24) is 14.9 Å². The molecule has 1 fully saturated rings. The molecule has 0 spiro atoms. The number of rotatable bonds is 6. The van der Waals surface area contributed by atoms with Gasteiger partial charge in [0, 0.05) is 38.5 Å². The van der Waals surface area contributed by atoms with E-state index in [9.17, 15) is 4.79 Å². The molecule has 0 saturated carbocycles. The van der Waals surface area contributed by atoms with E-state index in [1.54, 1.807) is 30.7 Å². The Labute approximate surface area is 179 Å². The van der Waals surface area contributed by atoms with Crippen molar-refractivity contribution in [2.75, 3.05) is 44.8 Å². The van der Waals surface area contributed by atoms with Crippen molar-refractivity contribution in [3.05, 3.63) is 48.2 Å². The van der Waals surface area contributed by atoms with Gasteiger partial charge in [-0.3, -0.25) is 4.79 Å². The zero-order valence-corrected chi connectivity index (χ0v) is 17.9. The van der Waals surface area contributed by atoms with Crippen molar-refractivity contribution in [2.24, 2.45) is 0 Å². The summed E-state index contributed by atoms with van der Waals surface area (Å²) in [7, 11) is 1.61. The first-order valence-corrected chi connectivity index (χ1v) is 10.7. The Bertz CT molecular complexity index is 1020. The summed E-state index contributed by atoms with van der Waals surface area (Å²) >= 11 is 1.59. The van der Waals surface area contributed by atoms with Crippen molar-refractivity contribution in [3.8, 4) is 11.5 Å². The van der Waals surface area contributed by atoms with E-state index in [0.29, 0.717) is 31.2 Å². The minimum absolute atomic E-state index is 0.00784. The van der Waals surface area contributed by atoms with Crippen LogP contribution < -0.4 is 14.4 Å². The number of aromatic nitrogens is 2. The van der Waals surface area contributed by atoms with E-state index < -0.39 is 0 Å². The molecule has 0 unspecified atom stereocenters. The summed E-state index contributed by atoms with van der Waals surface area (Å²) < 4.78 is 10.9. The minimum atomic E-state index is 0.00784. The van der Waals surface area contributed by atoms with Gasteiger partial charge in [0.25, 0.3) is 0 Å². The van der Waals surface area contributed by atoms with Gasteiger partial charge < -0.3 is 19.3 Å². The molecule has 1 saturated heterocycles. The Morgan fingerprint density at radius 3 is 2.77 bits per heavy atom. The molecule has 0 bridgehead atoms. The second kappa shape index (κ2) is 9.13. The Kier molecular flexibility index (Phi) is 6.13. The van der Waals surface area contributed by atoms with Crippen molar-refractivity contribution in [1.29, 1.82) is 0 Å². The minimum Gasteiger partial charge on any atom is -0.493 e. The van der Waals surface area contributed by atoms with Gasteiger partial charge in [0.05, 0.1) is 13.7 Å². The summed E-state index contributed by atoms with van der Waals surface area (Å²) in [6.45, 7) is 5.35. The Morgan fingerprint density at radius 2 is 2.03 bits per heavy atom. The summed E-state index contributed by atoms with van der Waals surface area (Å²) in [4.78, 5) is 26.7. The average Bonchev–Trinajstić information content (AvgIpc) is 3.23. The van der Waals surface area contributed by atoms with E-state index in [2.05, 4.69) is 14.9 Å². The van der Waals surface area contributed by atoms with Crippen LogP contribution in [0, 0.1) is 0 Å². The third-order valence-electron chi connectivity index (χ3n) is 4.92. The first-order chi connectivity index (χ1) is 14.7. The molecule has 7 nitrogen and oxygen atoms in total. The van der Waals surface area contributed by atoms with E-state index in [4.69, 9.17) is 9.47 Å². The summed E-state index contributed by atoms with van der Waals surface area (Å²) in [5, 5.41) is 0.966.